The first-order valence-electron chi connectivity index (χ1n) is 7.59. The zero-order chi connectivity index (χ0) is 16.9. The maximum Gasteiger partial charge on any atom is 0.150 e. The highest BCUT2D eigenvalue weighted by Crippen LogP contribution is 2.23. The van der Waals surface area contributed by atoms with E-state index < -0.39 is 0 Å². The van der Waals surface area contributed by atoms with Crippen molar-refractivity contribution in [2.75, 3.05) is 7.11 Å². The molecule has 3 aromatic rings. The maximum absolute atomic E-state index is 11.0. The van der Waals surface area contributed by atoms with Crippen molar-refractivity contribution >= 4 is 6.29 Å². The summed E-state index contributed by atoms with van der Waals surface area (Å²) in [4.78, 5) is 11.0. The van der Waals surface area contributed by atoms with Gasteiger partial charge < -0.3 is 9.84 Å². The summed E-state index contributed by atoms with van der Waals surface area (Å²) in [7, 11) is 1.63. The van der Waals surface area contributed by atoms with E-state index in [-0.39, 0.29) is 6.61 Å². The molecule has 122 valence electrons. The lowest BCUT2D eigenvalue weighted by molar-refractivity contribution is 0.112. The molecule has 0 spiro atoms. The van der Waals surface area contributed by atoms with Crippen LogP contribution in [-0.2, 0) is 13.2 Å². The molecular weight excluding hydrogens is 304 g/mol. The number of aldehydes is 1. The second-order valence-electron chi connectivity index (χ2n) is 5.43. The number of ether oxygens (including phenoxy) is 1. The number of carbonyl (C=O) groups is 1. The van der Waals surface area contributed by atoms with Gasteiger partial charge in [0.2, 0.25) is 0 Å². The Morgan fingerprint density at radius 1 is 1.17 bits per heavy atom. The van der Waals surface area contributed by atoms with Crippen LogP contribution in [0.1, 0.15) is 21.6 Å². The van der Waals surface area contributed by atoms with Crippen molar-refractivity contribution in [1.82, 2.24) is 9.78 Å². The first-order valence-corrected chi connectivity index (χ1v) is 7.59. The summed E-state index contributed by atoms with van der Waals surface area (Å²) in [5, 5.41) is 13.9. The van der Waals surface area contributed by atoms with Crippen LogP contribution >= 0.6 is 0 Å². The van der Waals surface area contributed by atoms with Gasteiger partial charge in [-0.25, -0.2) is 0 Å². The summed E-state index contributed by atoms with van der Waals surface area (Å²) in [5.41, 5.74) is 4.01. The van der Waals surface area contributed by atoms with Crippen molar-refractivity contribution in [2.24, 2.45) is 0 Å². The number of aliphatic hydroxyl groups is 1. The molecule has 0 bridgehead atoms. The van der Waals surface area contributed by atoms with Crippen LogP contribution in [0.15, 0.2) is 54.6 Å². The molecule has 0 aliphatic carbocycles. The van der Waals surface area contributed by atoms with Gasteiger partial charge in [0.1, 0.15) is 12.0 Å². The number of benzene rings is 2. The van der Waals surface area contributed by atoms with Crippen LogP contribution in [0.25, 0.3) is 11.3 Å². The van der Waals surface area contributed by atoms with E-state index >= 15 is 0 Å². The fraction of sp³-hybridized carbons (Fsp3) is 0.158. The van der Waals surface area contributed by atoms with Gasteiger partial charge in [-0.15, -0.1) is 0 Å². The van der Waals surface area contributed by atoms with E-state index in [4.69, 9.17) is 4.74 Å². The molecule has 1 aromatic heterocycles. The van der Waals surface area contributed by atoms with Gasteiger partial charge in [-0.2, -0.15) is 5.10 Å². The Morgan fingerprint density at radius 3 is 2.62 bits per heavy atom. The van der Waals surface area contributed by atoms with Crippen molar-refractivity contribution in [3.63, 3.8) is 0 Å². The summed E-state index contributed by atoms with van der Waals surface area (Å²) < 4.78 is 7.00. The average Bonchev–Trinajstić information content (AvgIpc) is 3.05. The number of hydrogen-bond acceptors (Lipinski definition) is 4. The van der Waals surface area contributed by atoms with Gasteiger partial charge in [0.05, 0.1) is 31.6 Å². The third-order valence-corrected chi connectivity index (χ3v) is 3.80. The molecule has 0 unspecified atom stereocenters. The minimum Gasteiger partial charge on any atom is -0.497 e. The van der Waals surface area contributed by atoms with E-state index in [1.807, 2.05) is 53.2 Å². The largest absolute Gasteiger partial charge is 0.497 e. The van der Waals surface area contributed by atoms with Crippen molar-refractivity contribution < 1.29 is 14.6 Å². The molecule has 5 nitrogen and oxygen atoms in total. The van der Waals surface area contributed by atoms with Crippen LogP contribution < -0.4 is 4.74 Å². The molecule has 3 rings (SSSR count). The lowest BCUT2D eigenvalue weighted by Gasteiger charge is -2.09. The number of hydrogen-bond donors (Lipinski definition) is 1. The minimum absolute atomic E-state index is 0.129. The second-order valence-corrected chi connectivity index (χ2v) is 5.43. The van der Waals surface area contributed by atoms with Crippen LogP contribution in [0, 0.1) is 0 Å². The number of carbonyl (C=O) groups excluding carboxylic acids is 1. The second kappa shape index (κ2) is 7.10. The smallest absolute Gasteiger partial charge is 0.150 e. The monoisotopic (exact) mass is 322 g/mol. The Kier molecular flexibility index (Phi) is 4.72. The highest BCUT2D eigenvalue weighted by Gasteiger charge is 2.11. The SMILES string of the molecule is COc1ccc(Cn2nc(CO)cc2-c2cccc(C=O)c2)cc1. The van der Waals surface area contributed by atoms with E-state index in [9.17, 15) is 9.90 Å². The molecule has 0 radical (unpaired) electrons. The summed E-state index contributed by atoms with van der Waals surface area (Å²) in [6.07, 6.45) is 0.820. The van der Waals surface area contributed by atoms with Gasteiger partial charge in [0.25, 0.3) is 0 Å². The standard InChI is InChI=1S/C19H18N2O3/c1-24-18-7-5-14(6-8-18)11-21-19(10-17(13-23)20-21)16-4-2-3-15(9-16)12-22/h2-10,12,23H,11,13H2,1H3. The normalized spacial score (nSPS) is 10.6. The van der Waals surface area contributed by atoms with Gasteiger partial charge in [0.15, 0.2) is 0 Å². The molecule has 0 fully saturated rings. The lowest BCUT2D eigenvalue weighted by atomic mass is 10.1. The molecule has 0 saturated heterocycles. The summed E-state index contributed by atoms with van der Waals surface area (Å²) >= 11 is 0. The molecule has 0 saturated carbocycles. The predicted octanol–water partition coefficient (Wildman–Crippen LogP) is 2.91. The highest BCUT2D eigenvalue weighted by molar-refractivity contribution is 5.78. The van der Waals surface area contributed by atoms with E-state index in [0.717, 1.165) is 28.9 Å². The molecular formula is C19H18N2O3. The van der Waals surface area contributed by atoms with E-state index in [0.29, 0.717) is 17.8 Å². The fourth-order valence-corrected chi connectivity index (χ4v) is 2.58. The molecule has 2 aromatic carbocycles. The number of nitrogens with zero attached hydrogens (tertiary/aromatic N) is 2. The Morgan fingerprint density at radius 2 is 1.96 bits per heavy atom. The van der Waals surface area contributed by atoms with Gasteiger partial charge in [-0.05, 0) is 29.8 Å². The van der Waals surface area contributed by atoms with E-state index in [1.165, 1.54) is 0 Å². The van der Waals surface area contributed by atoms with Gasteiger partial charge >= 0.3 is 0 Å². The van der Waals surface area contributed by atoms with Crippen LogP contribution in [-0.4, -0.2) is 28.3 Å². The molecule has 0 atom stereocenters. The maximum atomic E-state index is 11.0. The van der Waals surface area contributed by atoms with Crippen LogP contribution in [0.3, 0.4) is 0 Å². The third kappa shape index (κ3) is 3.36. The zero-order valence-electron chi connectivity index (χ0n) is 13.3. The van der Waals surface area contributed by atoms with E-state index in [2.05, 4.69) is 5.10 Å². The molecule has 1 N–H and O–H groups in total. The first kappa shape index (κ1) is 16.0. The number of methoxy groups -OCH3 is 1. The van der Waals surface area contributed by atoms with Crippen molar-refractivity contribution in [3.05, 3.63) is 71.4 Å². The Hall–Kier alpha value is -2.92. The van der Waals surface area contributed by atoms with Crippen molar-refractivity contribution in [1.29, 1.82) is 0 Å². The predicted molar refractivity (Wildman–Crippen MR) is 91.1 cm³/mol. The molecule has 24 heavy (non-hydrogen) atoms. The van der Waals surface area contributed by atoms with Crippen molar-refractivity contribution in [2.45, 2.75) is 13.2 Å². The Labute approximate surface area is 140 Å². The quantitative estimate of drug-likeness (QED) is 0.709. The molecule has 0 amide bonds. The molecule has 0 aliphatic rings. The number of aromatic nitrogens is 2. The molecule has 1 heterocycles. The van der Waals surface area contributed by atoms with Crippen LogP contribution in [0.5, 0.6) is 5.75 Å². The highest BCUT2D eigenvalue weighted by atomic mass is 16.5. The number of aliphatic hydroxyl groups excluding tert-OH is 1. The van der Waals surface area contributed by atoms with Crippen LogP contribution in [0.2, 0.25) is 0 Å². The third-order valence-electron chi connectivity index (χ3n) is 3.80. The Bertz CT molecular complexity index is 838. The molecule has 5 heteroatoms. The average molecular weight is 322 g/mol. The first-order chi connectivity index (χ1) is 11.7. The van der Waals surface area contributed by atoms with Gasteiger partial charge in [-0.3, -0.25) is 9.48 Å². The Balaban J connectivity index is 1.97. The zero-order valence-corrected chi connectivity index (χ0v) is 13.3. The van der Waals surface area contributed by atoms with Gasteiger partial charge in [-0.1, -0.05) is 30.3 Å². The summed E-state index contributed by atoms with van der Waals surface area (Å²) in [6, 6.07) is 16.9. The lowest BCUT2D eigenvalue weighted by Crippen LogP contribution is -2.04. The minimum atomic E-state index is -0.129. The summed E-state index contributed by atoms with van der Waals surface area (Å²) in [6.45, 7) is 0.431. The topological polar surface area (TPSA) is 64.3 Å². The fourth-order valence-electron chi connectivity index (χ4n) is 2.58. The van der Waals surface area contributed by atoms with E-state index in [1.54, 1.807) is 13.2 Å². The van der Waals surface area contributed by atoms with Crippen molar-refractivity contribution in [3.8, 4) is 17.0 Å². The molecule has 0 aliphatic heterocycles. The number of rotatable bonds is 6. The summed E-state index contributed by atoms with van der Waals surface area (Å²) in [5.74, 6) is 0.800. The van der Waals surface area contributed by atoms with Crippen LogP contribution in [0.4, 0.5) is 0 Å². The van der Waals surface area contributed by atoms with Gasteiger partial charge in [0, 0.05) is 11.1 Å².